The van der Waals surface area contributed by atoms with Gasteiger partial charge in [0.25, 0.3) is 5.91 Å². The van der Waals surface area contributed by atoms with Crippen LogP contribution in [-0.4, -0.2) is 12.5 Å². The lowest BCUT2D eigenvalue weighted by molar-refractivity contribution is 0.0989. The van der Waals surface area contributed by atoms with Gasteiger partial charge >= 0.3 is 0 Å². The van der Waals surface area contributed by atoms with E-state index in [2.05, 4.69) is 0 Å². The van der Waals surface area contributed by atoms with Crippen LogP contribution in [0.25, 0.3) is 0 Å². The zero-order valence-corrected chi connectivity index (χ0v) is 11.0. The molecule has 2 aromatic rings. The van der Waals surface area contributed by atoms with Gasteiger partial charge in [0.05, 0.1) is 16.9 Å². The predicted octanol–water partition coefficient (Wildman–Crippen LogP) is 2.84. The van der Waals surface area contributed by atoms with Crippen molar-refractivity contribution in [2.45, 2.75) is 13.3 Å². The van der Waals surface area contributed by atoms with E-state index in [0.29, 0.717) is 5.69 Å². The van der Waals surface area contributed by atoms with Gasteiger partial charge in [-0.1, -0.05) is 12.1 Å². The zero-order valence-electron chi connectivity index (χ0n) is 10.1. The fourth-order valence-electron chi connectivity index (χ4n) is 2.41. The van der Waals surface area contributed by atoms with Crippen molar-refractivity contribution in [2.75, 3.05) is 17.2 Å². The molecule has 0 radical (unpaired) electrons. The van der Waals surface area contributed by atoms with Gasteiger partial charge in [0.2, 0.25) is 0 Å². The first-order valence-corrected chi connectivity index (χ1v) is 6.85. The van der Waals surface area contributed by atoms with E-state index < -0.39 is 0 Å². The van der Waals surface area contributed by atoms with Crippen molar-refractivity contribution in [3.05, 3.63) is 45.6 Å². The third-order valence-electron chi connectivity index (χ3n) is 3.36. The SMILES string of the molecule is Cc1cscc1C(=O)N1CCc2cccc(N)c21. The van der Waals surface area contributed by atoms with Crippen LogP contribution in [0.3, 0.4) is 0 Å². The van der Waals surface area contributed by atoms with Crippen LogP contribution in [0, 0.1) is 6.92 Å². The van der Waals surface area contributed by atoms with Crippen LogP contribution < -0.4 is 10.6 Å². The first-order chi connectivity index (χ1) is 8.68. The molecule has 1 amide bonds. The molecule has 2 N–H and O–H groups in total. The molecule has 0 saturated heterocycles. The third-order valence-corrected chi connectivity index (χ3v) is 4.22. The van der Waals surface area contributed by atoms with E-state index in [0.717, 1.165) is 35.3 Å². The number of aryl methyl sites for hydroxylation is 1. The summed E-state index contributed by atoms with van der Waals surface area (Å²) in [4.78, 5) is 14.3. The quantitative estimate of drug-likeness (QED) is 0.799. The molecule has 2 heterocycles. The molecule has 3 rings (SSSR count). The summed E-state index contributed by atoms with van der Waals surface area (Å²) in [5.74, 6) is 0.0606. The maximum Gasteiger partial charge on any atom is 0.259 e. The highest BCUT2D eigenvalue weighted by Gasteiger charge is 2.28. The molecule has 0 aliphatic carbocycles. The summed E-state index contributed by atoms with van der Waals surface area (Å²) >= 11 is 1.56. The number of thiophene rings is 1. The Labute approximate surface area is 110 Å². The number of carbonyl (C=O) groups excluding carboxylic acids is 1. The van der Waals surface area contributed by atoms with Crippen molar-refractivity contribution in [1.82, 2.24) is 0 Å². The molecular formula is C14H14N2OS. The third kappa shape index (κ3) is 1.61. The van der Waals surface area contributed by atoms with Gasteiger partial charge in [-0.3, -0.25) is 4.79 Å². The summed E-state index contributed by atoms with van der Waals surface area (Å²) in [5.41, 5.74) is 10.6. The number of hydrogen-bond donors (Lipinski definition) is 1. The number of para-hydroxylation sites is 1. The largest absolute Gasteiger partial charge is 0.397 e. The maximum atomic E-state index is 12.5. The van der Waals surface area contributed by atoms with Gasteiger partial charge in [-0.2, -0.15) is 11.3 Å². The number of nitrogens with zero attached hydrogens (tertiary/aromatic N) is 1. The van der Waals surface area contributed by atoms with Gasteiger partial charge in [0, 0.05) is 11.9 Å². The molecule has 0 bridgehead atoms. The number of carbonyl (C=O) groups is 1. The Hall–Kier alpha value is -1.81. The highest BCUT2D eigenvalue weighted by molar-refractivity contribution is 7.08. The molecule has 1 aliphatic rings. The molecule has 0 spiro atoms. The first kappa shape index (κ1) is 11.3. The smallest absolute Gasteiger partial charge is 0.259 e. The monoisotopic (exact) mass is 258 g/mol. The minimum Gasteiger partial charge on any atom is -0.397 e. The van der Waals surface area contributed by atoms with E-state index in [1.165, 1.54) is 0 Å². The van der Waals surface area contributed by atoms with Crippen molar-refractivity contribution in [3.8, 4) is 0 Å². The van der Waals surface area contributed by atoms with Crippen LogP contribution in [0.4, 0.5) is 11.4 Å². The maximum absolute atomic E-state index is 12.5. The van der Waals surface area contributed by atoms with E-state index >= 15 is 0 Å². The zero-order chi connectivity index (χ0) is 12.7. The van der Waals surface area contributed by atoms with E-state index in [1.807, 2.05) is 35.9 Å². The molecule has 1 aromatic heterocycles. The number of nitrogen functional groups attached to an aromatic ring is 1. The molecule has 18 heavy (non-hydrogen) atoms. The molecule has 0 unspecified atom stereocenters. The molecule has 0 fully saturated rings. The van der Waals surface area contributed by atoms with E-state index in [1.54, 1.807) is 16.2 Å². The number of nitrogens with two attached hydrogens (primary N) is 1. The molecule has 3 nitrogen and oxygen atoms in total. The van der Waals surface area contributed by atoms with Crippen molar-refractivity contribution in [2.24, 2.45) is 0 Å². The Kier molecular flexibility index (Phi) is 2.59. The van der Waals surface area contributed by atoms with E-state index in [-0.39, 0.29) is 5.91 Å². The molecule has 92 valence electrons. The standard InChI is InChI=1S/C14H14N2OS/c1-9-7-18-8-11(9)14(17)16-6-5-10-3-2-4-12(15)13(10)16/h2-4,7-8H,5-6,15H2,1H3. The Morgan fingerprint density at radius 2 is 2.22 bits per heavy atom. The van der Waals surface area contributed by atoms with Gasteiger partial charge < -0.3 is 10.6 Å². The highest BCUT2D eigenvalue weighted by atomic mass is 32.1. The van der Waals surface area contributed by atoms with E-state index in [9.17, 15) is 4.79 Å². The van der Waals surface area contributed by atoms with Crippen LogP contribution in [0.2, 0.25) is 0 Å². The summed E-state index contributed by atoms with van der Waals surface area (Å²) in [6, 6.07) is 5.84. The second-order valence-electron chi connectivity index (χ2n) is 4.53. The van der Waals surface area contributed by atoms with Crippen molar-refractivity contribution >= 4 is 28.6 Å². The normalized spacial score (nSPS) is 13.7. The topological polar surface area (TPSA) is 46.3 Å². The van der Waals surface area contributed by atoms with Crippen LogP contribution in [0.5, 0.6) is 0 Å². The first-order valence-electron chi connectivity index (χ1n) is 5.90. The minimum atomic E-state index is 0.0606. The number of anilines is 2. The number of benzene rings is 1. The van der Waals surface area contributed by atoms with E-state index in [4.69, 9.17) is 5.73 Å². The molecule has 1 aliphatic heterocycles. The Bertz CT molecular complexity index is 618. The van der Waals surface area contributed by atoms with Crippen LogP contribution in [0.1, 0.15) is 21.5 Å². The van der Waals surface area contributed by atoms with Gasteiger partial charge in [0.15, 0.2) is 0 Å². The fourth-order valence-corrected chi connectivity index (χ4v) is 3.24. The lowest BCUT2D eigenvalue weighted by atomic mass is 10.1. The molecule has 4 heteroatoms. The Balaban J connectivity index is 2.03. The van der Waals surface area contributed by atoms with Crippen LogP contribution in [0.15, 0.2) is 29.0 Å². The summed E-state index contributed by atoms with van der Waals surface area (Å²) in [6.45, 7) is 2.69. The Morgan fingerprint density at radius 1 is 1.39 bits per heavy atom. The summed E-state index contributed by atoms with van der Waals surface area (Å²) < 4.78 is 0. The summed E-state index contributed by atoms with van der Waals surface area (Å²) in [7, 11) is 0. The predicted molar refractivity (Wildman–Crippen MR) is 75.3 cm³/mol. The number of fused-ring (bicyclic) bond motifs is 1. The van der Waals surface area contributed by atoms with Gasteiger partial charge in [-0.25, -0.2) is 0 Å². The van der Waals surface area contributed by atoms with Crippen molar-refractivity contribution < 1.29 is 4.79 Å². The van der Waals surface area contributed by atoms with Crippen LogP contribution in [-0.2, 0) is 6.42 Å². The average Bonchev–Trinajstić information content (AvgIpc) is 2.95. The lowest BCUT2D eigenvalue weighted by Gasteiger charge is -2.18. The van der Waals surface area contributed by atoms with Crippen molar-refractivity contribution in [1.29, 1.82) is 0 Å². The van der Waals surface area contributed by atoms with Crippen LogP contribution >= 0.6 is 11.3 Å². The molecule has 0 atom stereocenters. The number of rotatable bonds is 1. The molecule has 0 saturated carbocycles. The lowest BCUT2D eigenvalue weighted by Crippen LogP contribution is -2.29. The minimum absolute atomic E-state index is 0.0606. The number of hydrogen-bond acceptors (Lipinski definition) is 3. The molecule has 1 aromatic carbocycles. The second-order valence-corrected chi connectivity index (χ2v) is 5.27. The molecular weight excluding hydrogens is 244 g/mol. The Morgan fingerprint density at radius 3 is 2.94 bits per heavy atom. The van der Waals surface area contributed by atoms with Gasteiger partial charge in [-0.05, 0) is 35.9 Å². The van der Waals surface area contributed by atoms with Gasteiger partial charge in [0.1, 0.15) is 0 Å². The fraction of sp³-hybridized carbons (Fsp3) is 0.214. The van der Waals surface area contributed by atoms with Gasteiger partial charge in [-0.15, -0.1) is 0 Å². The summed E-state index contributed by atoms with van der Waals surface area (Å²) in [5, 5.41) is 3.91. The number of amides is 1. The summed E-state index contributed by atoms with van der Waals surface area (Å²) in [6.07, 6.45) is 0.884. The average molecular weight is 258 g/mol. The second kappa shape index (κ2) is 4.14. The van der Waals surface area contributed by atoms with Crippen molar-refractivity contribution in [3.63, 3.8) is 0 Å². The highest BCUT2D eigenvalue weighted by Crippen LogP contribution is 2.35.